The number of pyridine rings is 1. The van der Waals surface area contributed by atoms with Crippen LogP contribution in [0.25, 0.3) is 10.9 Å². The summed E-state index contributed by atoms with van der Waals surface area (Å²) in [5.74, 6) is 0.334. The Labute approximate surface area is 112 Å². The predicted octanol–water partition coefficient (Wildman–Crippen LogP) is 3.81. The van der Waals surface area contributed by atoms with Crippen molar-refractivity contribution in [1.82, 2.24) is 4.98 Å². The van der Waals surface area contributed by atoms with Crippen LogP contribution in [0.15, 0.2) is 12.1 Å². The lowest BCUT2D eigenvalue weighted by atomic mass is 10.1. The van der Waals surface area contributed by atoms with Crippen LogP contribution in [0, 0.1) is 6.92 Å². The summed E-state index contributed by atoms with van der Waals surface area (Å²) in [4.78, 5) is 3.60. The molecule has 19 heavy (non-hydrogen) atoms. The van der Waals surface area contributed by atoms with Gasteiger partial charge in [-0.25, -0.2) is 4.98 Å². The van der Waals surface area contributed by atoms with Crippen LogP contribution in [0.2, 0.25) is 5.02 Å². The first-order chi connectivity index (χ1) is 8.77. The summed E-state index contributed by atoms with van der Waals surface area (Å²) in [6.07, 6.45) is -4.58. The van der Waals surface area contributed by atoms with Crippen LogP contribution in [0.4, 0.5) is 18.9 Å². The van der Waals surface area contributed by atoms with Gasteiger partial charge in [0.1, 0.15) is 11.4 Å². The highest BCUT2D eigenvalue weighted by Gasteiger charge is 2.36. The van der Waals surface area contributed by atoms with E-state index in [0.29, 0.717) is 11.1 Å². The molecule has 2 N–H and O–H groups in total. The van der Waals surface area contributed by atoms with E-state index in [1.165, 1.54) is 26.2 Å². The Morgan fingerprint density at radius 2 is 1.95 bits per heavy atom. The quantitative estimate of drug-likeness (QED) is 0.869. The fourth-order valence-electron chi connectivity index (χ4n) is 1.87. The number of rotatable bonds is 1. The van der Waals surface area contributed by atoms with Gasteiger partial charge in [0, 0.05) is 11.3 Å². The van der Waals surface area contributed by atoms with Crippen molar-refractivity contribution >= 4 is 28.2 Å². The summed E-state index contributed by atoms with van der Waals surface area (Å²) in [5, 5.41) is 0.383. The number of nitrogen functional groups attached to an aromatic ring is 1. The molecule has 0 aliphatic carbocycles. The van der Waals surface area contributed by atoms with Crippen LogP contribution < -0.4 is 10.5 Å². The molecule has 102 valence electrons. The normalized spacial score (nSPS) is 11.9. The van der Waals surface area contributed by atoms with Gasteiger partial charge in [0.15, 0.2) is 0 Å². The molecule has 0 bridgehead atoms. The maximum Gasteiger partial charge on any atom is 0.433 e. The summed E-state index contributed by atoms with van der Waals surface area (Å²) < 4.78 is 43.7. The van der Waals surface area contributed by atoms with Crippen molar-refractivity contribution < 1.29 is 17.9 Å². The molecule has 2 rings (SSSR count). The number of aromatic nitrogens is 1. The summed E-state index contributed by atoms with van der Waals surface area (Å²) in [5.41, 5.74) is 4.56. The molecule has 7 heteroatoms. The predicted molar refractivity (Wildman–Crippen MR) is 67.5 cm³/mol. The second-order valence-electron chi connectivity index (χ2n) is 3.97. The second-order valence-corrected chi connectivity index (χ2v) is 4.38. The number of methoxy groups -OCH3 is 1. The van der Waals surface area contributed by atoms with Gasteiger partial charge in [-0.3, -0.25) is 0 Å². The third-order valence-electron chi connectivity index (χ3n) is 2.83. The molecule has 0 spiro atoms. The van der Waals surface area contributed by atoms with Crippen molar-refractivity contribution in [1.29, 1.82) is 0 Å². The number of nitrogens with two attached hydrogens (primary N) is 1. The van der Waals surface area contributed by atoms with Gasteiger partial charge in [-0.15, -0.1) is 0 Å². The van der Waals surface area contributed by atoms with Crippen LogP contribution in [0.5, 0.6) is 5.75 Å². The van der Waals surface area contributed by atoms with E-state index in [9.17, 15) is 13.2 Å². The average molecular weight is 291 g/mol. The highest BCUT2D eigenvalue weighted by molar-refractivity contribution is 6.35. The van der Waals surface area contributed by atoms with Gasteiger partial charge in [-0.1, -0.05) is 11.6 Å². The maximum atomic E-state index is 12.9. The van der Waals surface area contributed by atoms with E-state index in [4.69, 9.17) is 22.1 Å². The molecule has 0 unspecified atom stereocenters. The molecule has 0 aliphatic rings. The summed E-state index contributed by atoms with van der Waals surface area (Å²) in [6, 6.07) is 2.96. The highest BCUT2D eigenvalue weighted by atomic mass is 35.5. The molecule has 1 aromatic heterocycles. The highest BCUT2D eigenvalue weighted by Crippen LogP contribution is 2.40. The van der Waals surface area contributed by atoms with E-state index in [-0.39, 0.29) is 21.8 Å². The van der Waals surface area contributed by atoms with Gasteiger partial charge in [0.05, 0.1) is 23.0 Å². The molecule has 0 aliphatic heterocycles. The summed E-state index contributed by atoms with van der Waals surface area (Å²) in [7, 11) is 1.40. The van der Waals surface area contributed by atoms with Gasteiger partial charge >= 0.3 is 6.18 Å². The zero-order chi connectivity index (χ0) is 14.4. The molecule has 1 heterocycles. The van der Waals surface area contributed by atoms with Crippen LogP contribution in [0.1, 0.15) is 11.3 Å². The monoisotopic (exact) mass is 290 g/mol. The minimum absolute atomic E-state index is 0.0172. The SMILES string of the molecule is COc1ccc(Cl)c2nc(C(F)(F)F)c(C)c(N)c12. The van der Waals surface area contributed by atoms with Crippen molar-refractivity contribution in [3.05, 3.63) is 28.4 Å². The Balaban J connectivity index is 2.96. The third kappa shape index (κ3) is 2.16. The van der Waals surface area contributed by atoms with Crippen molar-refractivity contribution in [3.8, 4) is 5.75 Å². The van der Waals surface area contributed by atoms with Crippen molar-refractivity contribution in [3.63, 3.8) is 0 Å². The van der Waals surface area contributed by atoms with Crippen LogP contribution in [-0.4, -0.2) is 12.1 Å². The van der Waals surface area contributed by atoms with Gasteiger partial charge in [-0.2, -0.15) is 13.2 Å². The van der Waals surface area contributed by atoms with E-state index in [1.54, 1.807) is 0 Å². The van der Waals surface area contributed by atoms with Gasteiger partial charge in [-0.05, 0) is 19.1 Å². The Morgan fingerprint density at radius 3 is 2.47 bits per heavy atom. The molecule has 0 saturated carbocycles. The Morgan fingerprint density at radius 1 is 1.32 bits per heavy atom. The first kappa shape index (κ1) is 13.7. The van der Waals surface area contributed by atoms with Gasteiger partial charge < -0.3 is 10.5 Å². The molecular weight excluding hydrogens is 281 g/mol. The zero-order valence-corrected chi connectivity index (χ0v) is 10.9. The second kappa shape index (κ2) is 4.45. The lowest BCUT2D eigenvalue weighted by Crippen LogP contribution is -2.13. The van der Waals surface area contributed by atoms with E-state index in [0.717, 1.165) is 0 Å². The number of hydrogen-bond donors (Lipinski definition) is 1. The number of ether oxygens (including phenoxy) is 1. The smallest absolute Gasteiger partial charge is 0.433 e. The molecular formula is C12H10ClF3N2O. The number of anilines is 1. The minimum Gasteiger partial charge on any atom is -0.496 e. The average Bonchev–Trinajstić information content (AvgIpc) is 2.32. The van der Waals surface area contributed by atoms with E-state index in [1.807, 2.05) is 0 Å². The lowest BCUT2D eigenvalue weighted by molar-refractivity contribution is -0.141. The molecule has 1 aromatic carbocycles. The van der Waals surface area contributed by atoms with E-state index < -0.39 is 11.9 Å². The molecule has 0 amide bonds. The molecule has 3 nitrogen and oxygen atoms in total. The van der Waals surface area contributed by atoms with E-state index in [2.05, 4.69) is 4.98 Å². The molecule has 0 radical (unpaired) electrons. The van der Waals surface area contributed by atoms with Crippen LogP contribution in [0.3, 0.4) is 0 Å². The molecule has 0 fully saturated rings. The van der Waals surface area contributed by atoms with Crippen molar-refractivity contribution in [2.24, 2.45) is 0 Å². The van der Waals surface area contributed by atoms with Gasteiger partial charge in [0.2, 0.25) is 0 Å². The number of alkyl halides is 3. The standard InChI is InChI=1S/C12H10ClF3N2O/c1-5-9(17)8-7(19-2)4-3-6(13)10(8)18-11(5)12(14,15)16/h3-4H,1-2H3,(H2,17,18). The molecule has 2 aromatic rings. The van der Waals surface area contributed by atoms with Crippen LogP contribution in [-0.2, 0) is 6.18 Å². The number of benzene rings is 1. The van der Waals surface area contributed by atoms with Crippen LogP contribution >= 0.6 is 11.6 Å². The van der Waals surface area contributed by atoms with Gasteiger partial charge in [0.25, 0.3) is 0 Å². The zero-order valence-electron chi connectivity index (χ0n) is 10.1. The Kier molecular flexibility index (Phi) is 3.22. The molecule has 0 atom stereocenters. The first-order valence-corrected chi connectivity index (χ1v) is 5.64. The number of hydrogen-bond acceptors (Lipinski definition) is 3. The van der Waals surface area contributed by atoms with E-state index >= 15 is 0 Å². The Hall–Kier alpha value is -1.69. The fourth-order valence-corrected chi connectivity index (χ4v) is 2.07. The summed E-state index contributed by atoms with van der Waals surface area (Å²) in [6.45, 7) is 1.27. The maximum absolute atomic E-state index is 12.9. The summed E-state index contributed by atoms with van der Waals surface area (Å²) >= 11 is 5.89. The molecule has 0 saturated heterocycles. The first-order valence-electron chi connectivity index (χ1n) is 5.26. The lowest BCUT2D eigenvalue weighted by Gasteiger charge is -2.16. The van der Waals surface area contributed by atoms with Crippen molar-refractivity contribution in [2.45, 2.75) is 13.1 Å². The minimum atomic E-state index is -4.58. The third-order valence-corrected chi connectivity index (χ3v) is 3.14. The Bertz CT molecular complexity index is 656. The number of nitrogens with zero attached hydrogens (tertiary/aromatic N) is 1. The van der Waals surface area contributed by atoms with Crippen molar-refractivity contribution in [2.75, 3.05) is 12.8 Å². The number of halogens is 4. The number of fused-ring (bicyclic) bond motifs is 1. The largest absolute Gasteiger partial charge is 0.496 e. The topological polar surface area (TPSA) is 48.1 Å². The fraction of sp³-hybridized carbons (Fsp3) is 0.250.